The van der Waals surface area contributed by atoms with E-state index in [1.807, 2.05) is 0 Å². The number of carbonyl (C=O) groups excluding carboxylic acids is 2. The van der Waals surface area contributed by atoms with Gasteiger partial charge in [0, 0.05) is 12.8 Å². The molecule has 2 amide bonds. The summed E-state index contributed by atoms with van der Waals surface area (Å²) >= 11 is 0. The quantitative estimate of drug-likeness (QED) is 0.0689. The van der Waals surface area contributed by atoms with Crippen molar-refractivity contribution < 1.29 is 14.3 Å². The first-order valence-electron chi connectivity index (χ1n) is 14.4. The summed E-state index contributed by atoms with van der Waals surface area (Å²) in [4.78, 5) is 23.5. The molecule has 0 fully saturated rings. The van der Waals surface area contributed by atoms with Crippen molar-refractivity contribution >= 4 is 36.7 Å². The van der Waals surface area contributed by atoms with Gasteiger partial charge in [-0.15, -0.1) is 12.4 Å². The minimum Gasteiger partial charge on any atom is -0.370 e. The van der Waals surface area contributed by atoms with Crippen molar-refractivity contribution in [3.63, 3.8) is 0 Å². The van der Waals surface area contributed by atoms with Crippen LogP contribution in [0.1, 0.15) is 142 Å². The predicted octanol–water partition coefficient (Wildman–Crippen LogP) is 7.47. The van der Waals surface area contributed by atoms with Gasteiger partial charge in [0.1, 0.15) is 0 Å². The van der Waals surface area contributed by atoms with E-state index < -0.39 is 0 Å². The molecule has 0 aromatic rings. The van der Waals surface area contributed by atoms with Crippen LogP contribution in [0.25, 0.3) is 0 Å². The van der Waals surface area contributed by atoms with E-state index >= 15 is 0 Å². The molecule has 8 heteroatoms. The maximum atomic E-state index is 11.7. The maximum absolute atomic E-state index is 11.7. The molecular formula is C28H55ClN4O3. The number of unbranched alkanes of at least 4 members (excludes halogenated alkanes) is 16. The molecule has 0 rings (SSSR count). The van der Waals surface area contributed by atoms with E-state index in [-0.39, 0.29) is 37.4 Å². The van der Waals surface area contributed by atoms with E-state index in [1.165, 1.54) is 102 Å². The molecule has 0 aliphatic heterocycles. The van der Waals surface area contributed by atoms with E-state index in [1.54, 1.807) is 0 Å². The van der Waals surface area contributed by atoms with Gasteiger partial charge >= 0.3 is 0 Å². The molecule has 2 N–H and O–H groups in total. The largest absolute Gasteiger partial charge is 0.370 e. The van der Waals surface area contributed by atoms with Crippen LogP contribution >= 0.6 is 12.4 Å². The van der Waals surface area contributed by atoms with E-state index in [9.17, 15) is 9.59 Å². The SMILES string of the molecule is CCCCCCCCCCCC(=O)NN=CCOCC=NNC(=O)CCCCCCCCCCC.Cl. The molecule has 0 saturated carbocycles. The average molecular weight is 531 g/mol. The van der Waals surface area contributed by atoms with Crippen molar-refractivity contribution in [2.24, 2.45) is 10.2 Å². The highest BCUT2D eigenvalue weighted by atomic mass is 35.5. The summed E-state index contributed by atoms with van der Waals surface area (Å²) < 4.78 is 5.32. The van der Waals surface area contributed by atoms with Gasteiger partial charge < -0.3 is 4.74 Å². The molecule has 36 heavy (non-hydrogen) atoms. The summed E-state index contributed by atoms with van der Waals surface area (Å²) in [6.45, 7) is 5.02. The van der Waals surface area contributed by atoms with Crippen molar-refractivity contribution in [2.75, 3.05) is 13.2 Å². The van der Waals surface area contributed by atoms with Gasteiger partial charge in [-0.2, -0.15) is 10.2 Å². The molecule has 0 bridgehead atoms. The molecule has 0 aromatic carbocycles. The Kier molecular flexibility index (Phi) is 32.2. The number of hydrogen-bond donors (Lipinski definition) is 2. The first-order chi connectivity index (χ1) is 17.2. The number of nitrogens with one attached hydrogen (secondary N) is 2. The summed E-state index contributed by atoms with van der Waals surface area (Å²) in [7, 11) is 0. The lowest BCUT2D eigenvalue weighted by Crippen LogP contribution is -2.18. The number of amides is 2. The van der Waals surface area contributed by atoms with Gasteiger partial charge in [-0.25, -0.2) is 10.9 Å². The lowest BCUT2D eigenvalue weighted by molar-refractivity contribution is -0.122. The molecule has 0 atom stereocenters. The second-order valence-corrected chi connectivity index (χ2v) is 9.39. The van der Waals surface area contributed by atoms with Crippen LogP contribution in [-0.4, -0.2) is 37.5 Å². The molecule has 0 unspecified atom stereocenters. The number of halogens is 1. The number of carbonyl (C=O) groups is 2. The highest BCUT2D eigenvalue weighted by Crippen LogP contribution is 2.11. The highest BCUT2D eigenvalue weighted by molar-refractivity contribution is 5.85. The van der Waals surface area contributed by atoms with Gasteiger partial charge in [0.2, 0.25) is 11.8 Å². The summed E-state index contributed by atoms with van der Waals surface area (Å²) in [5.41, 5.74) is 5.06. The summed E-state index contributed by atoms with van der Waals surface area (Å²) in [5.74, 6) is -0.110. The second-order valence-electron chi connectivity index (χ2n) is 9.39. The van der Waals surface area contributed by atoms with Crippen molar-refractivity contribution in [3.8, 4) is 0 Å². The predicted molar refractivity (Wildman–Crippen MR) is 155 cm³/mol. The Bertz CT molecular complexity index is 499. The van der Waals surface area contributed by atoms with Crippen molar-refractivity contribution in [3.05, 3.63) is 0 Å². The average Bonchev–Trinajstić information content (AvgIpc) is 2.85. The van der Waals surface area contributed by atoms with Crippen LogP contribution in [0.2, 0.25) is 0 Å². The Morgan fingerprint density at radius 2 is 0.861 bits per heavy atom. The second kappa shape index (κ2) is 31.6. The third-order valence-corrected chi connectivity index (χ3v) is 5.96. The van der Waals surface area contributed by atoms with Gasteiger partial charge in [0.15, 0.2) is 0 Å². The van der Waals surface area contributed by atoms with Crippen molar-refractivity contribution in [1.82, 2.24) is 10.9 Å². The van der Waals surface area contributed by atoms with Gasteiger partial charge in [0.05, 0.1) is 25.6 Å². The zero-order valence-corrected chi connectivity index (χ0v) is 24.1. The number of rotatable bonds is 26. The standard InChI is InChI=1S/C28H54N4O3.ClH/c1-3-5-7-9-11-13-15-17-19-21-27(33)31-29-23-25-35-26-24-30-32-28(34)22-20-18-16-14-12-10-8-6-4-2;/h23-24H,3-22,25-26H2,1-2H3,(H,31,33)(H,32,34);1H. The minimum atomic E-state index is -0.0551. The smallest absolute Gasteiger partial charge is 0.240 e. The fourth-order valence-electron chi connectivity index (χ4n) is 3.79. The van der Waals surface area contributed by atoms with E-state index in [0.29, 0.717) is 12.8 Å². The van der Waals surface area contributed by atoms with Gasteiger partial charge in [-0.3, -0.25) is 9.59 Å². The Morgan fingerprint density at radius 3 is 1.19 bits per heavy atom. The Labute approximate surface area is 227 Å². The number of nitrogens with zero attached hydrogens (tertiary/aromatic N) is 2. The molecule has 0 saturated heterocycles. The number of ether oxygens (including phenoxy) is 1. The summed E-state index contributed by atoms with van der Waals surface area (Å²) in [6, 6.07) is 0. The van der Waals surface area contributed by atoms with Crippen LogP contribution in [0, 0.1) is 0 Å². The van der Waals surface area contributed by atoms with Crippen LogP contribution in [0.3, 0.4) is 0 Å². The monoisotopic (exact) mass is 530 g/mol. The van der Waals surface area contributed by atoms with E-state index in [0.717, 1.165) is 25.7 Å². The third kappa shape index (κ3) is 30.6. The summed E-state index contributed by atoms with van der Waals surface area (Å²) in [6.07, 6.45) is 26.3. The summed E-state index contributed by atoms with van der Waals surface area (Å²) in [5, 5.41) is 7.77. The Morgan fingerprint density at radius 1 is 0.556 bits per heavy atom. The molecule has 0 aromatic heterocycles. The molecule has 0 heterocycles. The zero-order chi connectivity index (χ0) is 25.7. The molecule has 0 aliphatic carbocycles. The van der Waals surface area contributed by atoms with E-state index in [2.05, 4.69) is 34.9 Å². The van der Waals surface area contributed by atoms with Crippen LogP contribution in [0.5, 0.6) is 0 Å². The van der Waals surface area contributed by atoms with Crippen molar-refractivity contribution in [1.29, 1.82) is 0 Å². The molecule has 212 valence electrons. The van der Waals surface area contributed by atoms with Crippen LogP contribution in [0.4, 0.5) is 0 Å². The molecule has 7 nitrogen and oxygen atoms in total. The molecule has 0 spiro atoms. The van der Waals surface area contributed by atoms with Crippen LogP contribution in [-0.2, 0) is 14.3 Å². The Hall–Kier alpha value is -1.47. The molecule has 0 radical (unpaired) electrons. The van der Waals surface area contributed by atoms with Crippen LogP contribution in [0.15, 0.2) is 10.2 Å². The van der Waals surface area contributed by atoms with Crippen LogP contribution < -0.4 is 10.9 Å². The van der Waals surface area contributed by atoms with Gasteiger partial charge in [-0.05, 0) is 12.8 Å². The third-order valence-electron chi connectivity index (χ3n) is 5.96. The number of hydrazone groups is 2. The zero-order valence-electron chi connectivity index (χ0n) is 23.2. The first kappa shape index (κ1) is 36.7. The fourth-order valence-corrected chi connectivity index (χ4v) is 3.79. The van der Waals surface area contributed by atoms with Crippen molar-refractivity contribution in [2.45, 2.75) is 142 Å². The van der Waals surface area contributed by atoms with Gasteiger partial charge in [0.25, 0.3) is 0 Å². The van der Waals surface area contributed by atoms with E-state index in [4.69, 9.17) is 4.74 Å². The lowest BCUT2D eigenvalue weighted by Gasteiger charge is -2.02. The fraction of sp³-hybridized carbons (Fsp3) is 0.857. The lowest BCUT2D eigenvalue weighted by atomic mass is 10.1. The normalized spacial score (nSPS) is 11.2. The maximum Gasteiger partial charge on any atom is 0.240 e. The highest BCUT2D eigenvalue weighted by Gasteiger charge is 2.00. The number of hydrogen-bond acceptors (Lipinski definition) is 5. The molecular weight excluding hydrogens is 476 g/mol. The Balaban J connectivity index is 0. The first-order valence-corrected chi connectivity index (χ1v) is 14.4. The minimum absolute atomic E-state index is 0. The molecule has 0 aliphatic rings. The van der Waals surface area contributed by atoms with Gasteiger partial charge in [-0.1, -0.05) is 117 Å². The topological polar surface area (TPSA) is 92.2 Å².